The Hall–Kier alpha value is -8.60. The molecule has 13 aromatic rings. The van der Waals surface area contributed by atoms with E-state index in [1.807, 2.05) is 0 Å². The van der Waals surface area contributed by atoms with Crippen LogP contribution in [0.2, 0.25) is 0 Å². The first-order chi connectivity index (χ1) is 31.7. The fraction of sp³-hybridized carbons (Fsp3) is 0. The summed E-state index contributed by atoms with van der Waals surface area (Å²) < 4.78 is 4.60. The summed E-state index contributed by atoms with van der Waals surface area (Å²) in [4.78, 5) is 10.7. The minimum Gasteiger partial charge on any atom is -0.309 e. The van der Waals surface area contributed by atoms with Crippen LogP contribution < -0.4 is 0 Å². The zero-order valence-electron chi connectivity index (χ0n) is 34.6. The van der Waals surface area contributed by atoms with E-state index in [1.165, 1.54) is 77.1 Å². The number of para-hydroxylation sites is 4. The zero-order valence-corrected chi connectivity index (χ0v) is 34.6. The van der Waals surface area contributed by atoms with Crippen molar-refractivity contribution in [1.29, 1.82) is 0 Å². The predicted molar refractivity (Wildman–Crippen MR) is 266 cm³/mol. The zero-order chi connectivity index (χ0) is 41.9. The lowest BCUT2D eigenvalue weighted by atomic mass is 9.93. The fourth-order valence-corrected chi connectivity index (χ4v) is 10.6. The van der Waals surface area contributed by atoms with Gasteiger partial charge in [-0.05, 0) is 110 Å². The van der Waals surface area contributed by atoms with Gasteiger partial charge in [0, 0.05) is 38.2 Å². The monoisotopic (exact) mass is 812 g/mol. The third-order valence-corrected chi connectivity index (χ3v) is 13.5. The van der Waals surface area contributed by atoms with Crippen molar-refractivity contribution in [3.8, 4) is 67.4 Å². The van der Waals surface area contributed by atoms with Crippen LogP contribution in [-0.4, -0.2) is 19.1 Å². The molecule has 0 saturated heterocycles. The highest BCUT2D eigenvalue weighted by Crippen LogP contribution is 2.49. The maximum Gasteiger partial charge on any atom is 0.235 e. The third-order valence-electron chi connectivity index (χ3n) is 13.5. The maximum absolute atomic E-state index is 5.44. The molecule has 4 nitrogen and oxygen atoms in total. The summed E-state index contributed by atoms with van der Waals surface area (Å²) in [6.45, 7) is 0. The molecule has 0 radical (unpaired) electrons. The number of benzene rings is 10. The van der Waals surface area contributed by atoms with Crippen molar-refractivity contribution >= 4 is 65.3 Å². The van der Waals surface area contributed by atoms with Crippen LogP contribution in [0.1, 0.15) is 0 Å². The van der Waals surface area contributed by atoms with Gasteiger partial charge < -0.3 is 4.57 Å². The number of hydrogen-bond donors (Lipinski definition) is 0. The molecule has 64 heavy (non-hydrogen) atoms. The van der Waals surface area contributed by atoms with E-state index in [2.05, 4.69) is 228 Å². The van der Waals surface area contributed by atoms with Crippen molar-refractivity contribution in [3.05, 3.63) is 218 Å². The molecule has 1 aliphatic carbocycles. The average Bonchev–Trinajstić information content (AvgIpc) is 4.00. The summed E-state index contributed by atoms with van der Waals surface area (Å²) in [5.41, 5.74) is 18.6. The van der Waals surface area contributed by atoms with E-state index in [0.29, 0.717) is 5.95 Å². The van der Waals surface area contributed by atoms with Crippen molar-refractivity contribution in [2.45, 2.75) is 0 Å². The van der Waals surface area contributed by atoms with Crippen LogP contribution in [0.15, 0.2) is 218 Å². The van der Waals surface area contributed by atoms with Gasteiger partial charge in [-0.1, -0.05) is 164 Å². The molecule has 4 heteroatoms. The Balaban J connectivity index is 0.891. The fourth-order valence-electron chi connectivity index (χ4n) is 10.6. The quantitative estimate of drug-likeness (QED) is 0.174. The highest BCUT2D eigenvalue weighted by molar-refractivity contribution is 6.19. The second kappa shape index (κ2) is 13.4. The van der Waals surface area contributed by atoms with Crippen molar-refractivity contribution in [3.63, 3.8) is 0 Å². The number of nitrogens with zero attached hydrogens (tertiary/aromatic N) is 4. The highest BCUT2D eigenvalue weighted by Gasteiger charge is 2.23. The molecule has 10 aromatic carbocycles. The molecule has 0 bridgehead atoms. The van der Waals surface area contributed by atoms with Gasteiger partial charge in [-0.3, -0.25) is 4.57 Å². The average molecular weight is 813 g/mol. The van der Waals surface area contributed by atoms with E-state index >= 15 is 0 Å². The molecule has 0 atom stereocenters. The van der Waals surface area contributed by atoms with Gasteiger partial charge in [0.15, 0.2) is 0 Å². The lowest BCUT2D eigenvalue weighted by molar-refractivity contribution is 1.01. The Morgan fingerprint density at radius 1 is 0.281 bits per heavy atom. The van der Waals surface area contributed by atoms with E-state index in [-0.39, 0.29) is 0 Å². The van der Waals surface area contributed by atoms with Crippen LogP contribution >= 0.6 is 0 Å². The second-order valence-electron chi connectivity index (χ2n) is 16.9. The van der Waals surface area contributed by atoms with Crippen LogP contribution in [0.25, 0.3) is 133 Å². The molecule has 0 spiro atoms. The standard InChI is InChI=1S/C60H36N4/c1-2-13-41(14-3-1)63-54-23-10-7-17-45(54)51-35-39(29-33-56(51)63)40-30-34-57-52(36-40)46-18-8-11-24-55(46)64(57)60-61-53-22-9-6-19-50(53)59(62-60)38-27-25-37(26-28-38)42-31-32-49-44-16-5-4-15-43(44)48-21-12-20-47(42)58(48)49/h1-36H. The molecule has 0 aliphatic heterocycles. The Bertz CT molecular complexity index is 4030. The molecule has 3 aromatic heterocycles. The maximum atomic E-state index is 5.44. The first-order valence-electron chi connectivity index (χ1n) is 21.9. The molecular weight excluding hydrogens is 777 g/mol. The van der Waals surface area contributed by atoms with Gasteiger partial charge in [0.25, 0.3) is 0 Å². The SMILES string of the molecule is c1ccc(-n2c3ccccc3c3cc(-c4ccc5c(c4)c4ccccc4n5-c4nc(-c5ccc(-c6ccc7c8c(cccc68)-c6ccccc6-7)cc5)c5ccccc5n4)ccc32)cc1. The molecule has 296 valence electrons. The molecule has 0 fully saturated rings. The number of aromatic nitrogens is 4. The van der Waals surface area contributed by atoms with Gasteiger partial charge in [0.1, 0.15) is 0 Å². The van der Waals surface area contributed by atoms with Crippen LogP contribution in [0.4, 0.5) is 0 Å². The van der Waals surface area contributed by atoms with Gasteiger partial charge >= 0.3 is 0 Å². The minimum atomic E-state index is 0.652. The lowest BCUT2D eigenvalue weighted by Gasteiger charge is -2.13. The summed E-state index contributed by atoms with van der Waals surface area (Å²) in [6, 6.07) is 79.0. The Labute approximate surface area is 368 Å². The number of rotatable bonds is 5. The molecule has 1 aliphatic rings. The smallest absolute Gasteiger partial charge is 0.235 e. The van der Waals surface area contributed by atoms with E-state index in [0.717, 1.165) is 49.7 Å². The minimum absolute atomic E-state index is 0.652. The van der Waals surface area contributed by atoms with E-state index in [1.54, 1.807) is 0 Å². The molecule has 0 saturated carbocycles. The number of hydrogen-bond acceptors (Lipinski definition) is 2. The van der Waals surface area contributed by atoms with Crippen molar-refractivity contribution in [1.82, 2.24) is 19.1 Å². The summed E-state index contributed by atoms with van der Waals surface area (Å²) in [5, 5.41) is 8.44. The largest absolute Gasteiger partial charge is 0.309 e. The summed E-state index contributed by atoms with van der Waals surface area (Å²) in [7, 11) is 0. The van der Waals surface area contributed by atoms with Crippen molar-refractivity contribution in [2.75, 3.05) is 0 Å². The molecular formula is C60H36N4. The van der Waals surface area contributed by atoms with Gasteiger partial charge in [-0.15, -0.1) is 0 Å². The molecule has 0 unspecified atom stereocenters. The van der Waals surface area contributed by atoms with Gasteiger partial charge in [-0.2, -0.15) is 0 Å². The normalized spacial score (nSPS) is 12.1. The molecule has 0 amide bonds. The van der Waals surface area contributed by atoms with Crippen LogP contribution in [-0.2, 0) is 0 Å². The van der Waals surface area contributed by atoms with Crippen LogP contribution in [0.5, 0.6) is 0 Å². The first kappa shape index (κ1) is 35.0. The first-order valence-corrected chi connectivity index (χ1v) is 21.9. The lowest BCUT2D eigenvalue weighted by Crippen LogP contribution is -2.03. The Morgan fingerprint density at radius 2 is 0.781 bits per heavy atom. The predicted octanol–water partition coefficient (Wildman–Crippen LogP) is 15.6. The van der Waals surface area contributed by atoms with Gasteiger partial charge in [0.2, 0.25) is 5.95 Å². The van der Waals surface area contributed by atoms with Crippen LogP contribution in [0.3, 0.4) is 0 Å². The second-order valence-corrected chi connectivity index (χ2v) is 16.9. The highest BCUT2D eigenvalue weighted by atomic mass is 15.2. The molecule has 3 heterocycles. The summed E-state index contributed by atoms with van der Waals surface area (Å²) >= 11 is 0. The Kier molecular flexibility index (Phi) is 7.36. The van der Waals surface area contributed by atoms with E-state index < -0.39 is 0 Å². The summed E-state index contributed by atoms with van der Waals surface area (Å²) in [5.74, 6) is 0.652. The van der Waals surface area contributed by atoms with Crippen molar-refractivity contribution < 1.29 is 0 Å². The van der Waals surface area contributed by atoms with Crippen molar-refractivity contribution in [2.24, 2.45) is 0 Å². The van der Waals surface area contributed by atoms with E-state index in [9.17, 15) is 0 Å². The summed E-state index contributed by atoms with van der Waals surface area (Å²) in [6.07, 6.45) is 0. The van der Waals surface area contributed by atoms with Gasteiger partial charge in [-0.25, -0.2) is 9.97 Å². The topological polar surface area (TPSA) is 35.6 Å². The third kappa shape index (κ3) is 5.05. The van der Waals surface area contributed by atoms with E-state index in [4.69, 9.17) is 9.97 Å². The van der Waals surface area contributed by atoms with Gasteiger partial charge in [0.05, 0.1) is 33.3 Å². The van der Waals surface area contributed by atoms with Crippen LogP contribution in [0, 0.1) is 0 Å². The molecule has 14 rings (SSSR count). The molecule has 0 N–H and O–H groups in total. The number of fused-ring (bicyclic) bond motifs is 10. The Morgan fingerprint density at radius 3 is 1.50 bits per heavy atom.